The minimum atomic E-state index is -0.851. The summed E-state index contributed by atoms with van der Waals surface area (Å²) in [6, 6.07) is 0. The number of hydrogen-bond donors (Lipinski definition) is 0. The summed E-state index contributed by atoms with van der Waals surface area (Å²) in [6.07, 6.45) is 92.9. The predicted molar refractivity (Wildman–Crippen MR) is 324 cm³/mol. The van der Waals surface area contributed by atoms with Crippen molar-refractivity contribution in [1.82, 2.24) is 0 Å². The molecule has 6 nitrogen and oxygen atoms in total. The van der Waals surface area contributed by atoms with Gasteiger partial charge in [0.2, 0.25) is 0 Å². The van der Waals surface area contributed by atoms with Gasteiger partial charge in [0.05, 0.1) is 0 Å². The molecule has 0 saturated carbocycles. The molecule has 0 aliphatic heterocycles. The fourth-order valence-electron chi connectivity index (χ4n) is 6.87. The van der Waals surface area contributed by atoms with Crippen LogP contribution in [0.15, 0.2) is 194 Å². The molecule has 0 spiro atoms. The average Bonchev–Trinajstić information content (AvgIpc) is 3.41. The Balaban J connectivity index is 4.59. The fraction of sp³-hybridized carbons (Fsp3) is 0.493. The second kappa shape index (κ2) is 60.8. The minimum absolute atomic E-state index is 0.143. The first-order valence-corrected chi connectivity index (χ1v) is 28.9. The number of carbonyl (C=O) groups is 3. The molecule has 6 heteroatoms. The van der Waals surface area contributed by atoms with Gasteiger partial charge in [-0.25, -0.2) is 0 Å². The van der Waals surface area contributed by atoms with Gasteiger partial charge in [-0.2, -0.15) is 0 Å². The van der Waals surface area contributed by atoms with E-state index >= 15 is 0 Å². The molecule has 0 aliphatic carbocycles. The summed E-state index contributed by atoms with van der Waals surface area (Å²) >= 11 is 0. The number of unbranched alkanes of at least 4 members (excludes halogenated alkanes) is 6. The van der Waals surface area contributed by atoms with E-state index in [2.05, 4.69) is 203 Å². The first kappa shape index (κ1) is 69.2. The summed E-state index contributed by atoms with van der Waals surface area (Å²) in [5.74, 6) is -1.10. The molecule has 1 unspecified atom stereocenters. The van der Waals surface area contributed by atoms with E-state index in [0.717, 1.165) is 148 Å². The first-order chi connectivity index (χ1) is 37.0. The molecule has 0 fully saturated rings. The Labute approximate surface area is 458 Å². The number of allylic oxidation sites excluding steroid dienone is 32. The molecule has 0 aromatic heterocycles. The Hall–Kier alpha value is -5.75. The lowest BCUT2D eigenvalue weighted by Gasteiger charge is -2.18. The van der Waals surface area contributed by atoms with Crippen LogP contribution in [0.2, 0.25) is 0 Å². The monoisotopic (exact) mass is 1030 g/mol. The van der Waals surface area contributed by atoms with E-state index in [1.165, 1.54) is 0 Å². The largest absolute Gasteiger partial charge is 0.462 e. The highest BCUT2D eigenvalue weighted by atomic mass is 16.6. The second-order valence-corrected chi connectivity index (χ2v) is 18.0. The maximum atomic E-state index is 12.9. The molecule has 75 heavy (non-hydrogen) atoms. The topological polar surface area (TPSA) is 78.9 Å². The third-order valence-corrected chi connectivity index (χ3v) is 11.1. The molecule has 0 saturated heterocycles. The maximum absolute atomic E-state index is 12.9. The summed E-state index contributed by atoms with van der Waals surface area (Å²) < 4.78 is 16.7. The van der Waals surface area contributed by atoms with Gasteiger partial charge in [0.25, 0.3) is 0 Å². The average molecular weight is 1030 g/mol. The van der Waals surface area contributed by atoms with Crippen molar-refractivity contribution in [1.29, 1.82) is 0 Å². The number of carbonyl (C=O) groups excluding carboxylic acids is 3. The Bertz CT molecular complexity index is 1850. The van der Waals surface area contributed by atoms with Crippen LogP contribution in [0.5, 0.6) is 0 Å². The summed E-state index contributed by atoms with van der Waals surface area (Å²) in [5, 5.41) is 0. The summed E-state index contributed by atoms with van der Waals surface area (Å²) in [7, 11) is 0. The van der Waals surface area contributed by atoms with Crippen LogP contribution in [0.1, 0.15) is 201 Å². The Morgan fingerprint density at radius 1 is 0.267 bits per heavy atom. The molecular formula is C69H102O6. The molecule has 414 valence electrons. The van der Waals surface area contributed by atoms with Gasteiger partial charge in [-0.15, -0.1) is 0 Å². The van der Waals surface area contributed by atoms with Gasteiger partial charge in [0.1, 0.15) is 13.2 Å². The Morgan fingerprint density at radius 2 is 0.507 bits per heavy atom. The molecule has 0 aliphatic rings. The van der Waals surface area contributed by atoms with Crippen molar-refractivity contribution in [3.05, 3.63) is 194 Å². The number of esters is 3. The lowest BCUT2D eigenvalue weighted by atomic mass is 10.1. The number of rotatable bonds is 49. The van der Waals surface area contributed by atoms with Crippen LogP contribution in [0.4, 0.5) is 0 Å². The van der Waals surface area contributed by atoms with E-state index in [4.69, 9.17) is 14.2 Å². The Kier molecular flexibility index (Phi) is 56.1. The molecule has 0 rings (SSSR count). The zero-order valence-electron chi connectivity index (χ0n) is 47.2. The van der Waals surface area contributed by atoms with Crippen LogP contribution >= 0.6 is 0 Å². The van der Waals surface area contributed by atoms with E-state index in [-0.39, 0.29) is 50.4 Å². The van der Waals surface area contributed by atoms with Crippen molar-refractivity contribution >= 4 is 17.9 Å². The maximum Gasteiger partial charge on any atom is 0.306 e. The third kappa shape index (κ3) is 59.0. The van der Waals surface area contributed by atoms with E-state index in [9.17, 15) is 14.4 Å². The van der Waals surface area contributed by atoms with Crippen molar-refractivity contribution in [3.8, 4) is 0 Å². The second-order valence-electron chi connectivity index (χ2n) is 18.0. The van der Waals surface area contributed by atoms with Crippen LogP contribution in [0, 0.1) is 0 Å². The normalized spacial score (nSPS) is 13.6. The van der Waals surface area contributed by atoms with E-state index in [1.807, 2.05) is 12.2 Å². The Morgan fingerprint density at radius 3 is 0.800 bits per heavy atom. The molecule has 0 radical (unpaired) electrons. The van der Waals surface area contributed by atoms with E-state index in [0.29, 0.717) is 12.8 Å². The van der Waals surface area contributed by atoms with E-state index < -0.39 is 6.10 Å². The zero-order valence-corrected chi connectivity index (χ0v) is 47.2. The van der Waals surface area contributed by atoms with Crippen LogP contribution in [0.3, 0.4) is 0 Å². The molecule has 0 amide bonds. The standard InChI is InChI=1S/C69H102O6/c1-4-7-10-13-16-19-22-25-27-29-31-32-33-34-35-36-38-39-41-44-47-50-53-56-59-62-68(71)74-65-66(64-73-67(70)61-58-55-52-49-46-43-24-21-18-15-12-9-6-3)75-69(72)63-60-57-54-51-48-45-42-40-37-30-28-26-23-20-17-14-11-8-5-2/h7-12,16-21,25-28,31-32,34-35,37-40,43-48,52,55,66H,4-6,13-15,22-24,29-30,33,36,41-42,49-51,53-54,56-65H2,1-3H3/b10-7-,11-8-,12-9-,19-16-,20-17-,21-18-,27-25-,28-26-,32-31-,35-34-,39-38-,40-37-,46-43-,47-44-,48-45-,55-52-. The highest BCUT2D eigenvalue weighted by Crippen LogP contribution is 2.10. The SMILES string of the molecule is CC/C=C\C/C=C\C/C=C\C/C=C\C/C=C\C/C=C\C/C=C\CCCCCC(=O)OCC(COC(=O)CC/C=C\C/C=C\C/C=C\C/C=C\CC)OC(=O)CCCCC/C=C\C/C=C\C/C=C\C/C=C\C/C=C\CC. The summed E-state index contributed by atoms with van der Waals surface area (Å²) in [6.45, 7) is 6.14. The highest BCUT2D eigenvalue weighted by Gasteiger charge is 2.19. The van der Waals surface area contributed by atoms with Gasteiger partial charge in [-0.1, -0.05) is 228 Å². The zero-order chi connectivity index (χ0) is 54.3. The smallest absolute Gasteiger partial charge is 0.306 e. The molecule has 0 aromatic rings. The van der Waals surface area contributed by atoms with Crippen molar-refractivity contribution < 1.29 is 28.6 Å². The van der Waals surface area contributed by atoms with Crippen LogP contribution in [-0.2, 0) is 28.6 Å². The van der Waals surface area contributed by atoms with Crippen LogP contribution < -0.4 is 0 Å². The lowest BCUT2D eigenvalue weighted by molar-refractivity contribution is -0.166. The van der Waals surface area contributed by atoms with Gasteiger partial charge in [0.15, 0.2) is 6.10 Å². The fourth-order valence-corrected chi connectivity index (χ4v) is 6.87. The third-order valence-electron chi connectivity index (χ3n) is 11.1. The van der Waals surface area contributed by atoms with Gasteiger partial charge < -0.3 is 14.2 Å². The van der Waals surface area contributed by atoms with E-state index in [1.54, 1.807) is 0 Å². The van der Waals surface area contributed by atoms with Crippen LogP contribution in [-0.4, -0.2) is 37.2 Å². The summed E-state index contributed by atoms with van der Waals surface area (Å²) in [5.41, 5.74) is 0. The molecule has 0 N–H and O–H groups in total. The molecule has 1 atom stereocenters. The molecule has 0 heterocycles. The predicted octanol–water partition coefficient (Wildman–Crippen LogP) is 19.9. The van der Waals surface area contributed by atoms with Gasteiger partial charge >= 0.3 is 17.9 Å². The van der Waals surface area contributed by atoms with Gasteiger partial charge in [0, 0.05) is 19.3 Å². The van der Waals surface area contributed by atoms with Gasteiger partial charge in [-0.05, 0) is 148 Å². The van der Waals surface area contributed by atoms with Crippen molar-refractivity contribution in [2.45, 2.75) is 207 Å². The van der Waals surface area contributed by atoms with Crippen LogP contribution in [0.25, 0.3) is 0 Å². The minimum Gasteiger partial charge on any atom is -0.462 e. The van der Waals surface area contributed by atoms with Crippen molar-refractivity contribution in [3.63, 3.8) is 0 Å². The van der Waals surface area contributed by atoms with Gasteiger partial charge in [-0.3, -0.25) is 14.4 Å². The molecule has 0 bridgehead atoms. The van der Waals surface area contributed by atoms with Crippen molar-refractivity contribution in [2.75, 3.05) is 13.2 Å². The highest BCUT2D eigenvalue weighted by molar-refractivity contribution is 5.71. The number of hydrogen-bond acceptors (Lipinski definition) is 6. The first-order valence-electron chi connectivity index (χ1n) is 28.9. The molecular weight excluding hydrogens is 925 g/mol. The summed E-state index contributed by atoms with van der Waals surface area (Å²) in [4.78, 5) is 38.1. The van der Waals surface area contributed by atoms with Crippen molar-refractivity contribution in [2.24, 2.45) is 0 Å². The lowest BCUT2D eigenvalue weighted by Crippen LogP contribution is -2.30. The molecule has 0 aromatic carbocycles. The quantitative estimate of drug-likeness (QED) is 0.0261. The number of ether oxygens (including phenoxy) is 3.